The lowest BCUT2D eigenvalue weighted by Gasteiger charge is -2.07. The Morgan fingerprint density at radius 3 is 2.60 bits per heavy atom. The number of carbonyl (C=O) groups is 2. The van der Waals surface area contributed by atoms with Crippen molar-refractivity contribution >= 4 is 23.2 Å². The predicted octanol–water partition coefficient (Wildman–Crippen LogP) is 1.11. The molecule has 0 aliphatic rings. The number of nitrogens with zero attached hydrogens (tertiary/aromatic N) is 3. The van der Waals surface area contributed by atoms with Gasteiger partial charge in [0.25, 0.3) is 5.91 Å². The van der Waals surface area contributed by atoms with Crippen LogP contribution < -0.4 is 5.32 Å². The quantitative estimate of drug-likeness (QED) is 0.874. The number of carboxylic acids is 1. The van der Waals surface area contributed by atoms with E-state index in [0.29, 0.717) is 21.4 Å². The van der Waals surface area contributed by atoms with Crippen molar-refractivity contribution in [2.24, 2.45) is 0 Å². The van der Waals surface area contributed by atoms with Gasteiger partial charge in [-0.05, 0) is 19.9 Å². The molecule has 2 heterocycles. The second kappa shape index (κ2) is 5.74. The molecule has 0 unspecified atom stereocenters. The Kier molecular flexibility index (Phi) is 4.04. The number of nitrogens with one attached hydrogen (secondary N) is 1. The SMILES string of the molecule is Cc1nc(-c2ncccn2)sc1C(=O)N[C@@H](C)C(=O)O. The number of carbonyl (C=O) groups excluding carboxylic acids is 1. The number of aromatic nitrogens is 3. The summed E-state index contributed by atoms with van der Waals surface area (Å²) in [5.74, 6) is -1.12. The molecule has 104 valence electrons. The summed E-state index contributed by atoms with van der Waals surface area (Å²) >= 11 is 1.13. The smallest absolute Gasteiger partial charge is 0.325 e. The summed E-state index contributed by atoms with van der Waals surface area (Å²) in [5, 5.41) is 11.7. The summed E-state index contributed by atoms with van der Waals surface area (Å²) in [5.41, 5.74) is 0.521. The largest absolute Gasteiger partial charge is 0.480 e. The van der Waals surface area contributed by atoms with E-state index in [-0.39, 0.29) is 0 Å². The van der Waals surface area contributed by atoms with E-state index in [0.717, 1.165) is 11.3 Å². The van der Waals surface area contributed by atoms with Crippen LogP contribution in [-0.2, 0) is 4.79 Å². The van der Waals surface area contributed by atoms with Crippen LogP contribution in [0, 0.1) is 6.92 Å². The highest BCUT2D eigenvalue weighted by Crippen LogP contribution is 2.25. The second-order valence-corrected chi connectivity index (χ2v) is 5.04. The lowest BCUT2D eigenvalue weighted by atomic mass is 10.3. The Hall–Kier alpha value is -2.35. The highest BCUT2D eigenvalue weighted by molar-refractivity contribution is 7.17. The maximum Gasteiger partial charge on any atom is 0.325 e. The van der Waals surface area contributed by atoms with Crippen LogP contribution in [-0.4, -0.2) is 38.0 Å². The molecule has 8 heteroatoms. The first-order valence-corrected chi connectivity index (χ1v) is 6.59. The first kappa shape index (κ1) is 14.1. The van der Waals surface area contributed by atoms with Crippen LogP contribution in [0.1, 0.15) is 22.3 Å². The van der Waals surface area contributed by atoms with Crippen molar-refractivity contribution in [2.45, 2.75) is 19.9 Å². The van der Waals surface area contributed by atoms with Gasteiger partial charge in [-0.25, -0.2) is 15.0 Å². The maximum atomic E-state index is 12.0. The topological polar surface area (TPSA) is 105 Å². The maximum absolute atomic E-state index is 12.0. The summed E-state index contributed by atoms with van der Waals surface area (Å²) in [7, 11) is 0. The van der Waals surface area contributed by atoms with Crippen molar-refractivity contribution in [1.29, 1.82) is 0 Å². The van der Waals surface area contributed by atoms with E-state index in [1.165, 1.54) is 6.92 Å². The standard InChI is InChI=1S/C12H12N4O3S/c1-6-8(10(17)15-7(2)12(18)19)20-11(16-6)9-13-4-3-5-14-9/h3-5,7H,1-2H3,(H,15,17)(H,18,19)/t7-/m0/s1. The van der Waals surface area contributed by atoms with Gasteiger partial charge in [-0.1, -0.05) is 0 Å². The van der Waals surface area contributed by atoms with E-state index >= 15 is 0 Å². The van der Waals surface area contributed by atoms with Crippen molar-refractivity contribution in [2.75, 3.05) is 0 Å². The molecule has 20 heavy (non-hydrogen) atoms. The minimum Gasteiger partial charge on any atom is -0.480 e. The molecule has 0 saturated carbocycles. The Labute approximate surface area is 118 Å². The van der Waals surface area contributed by atoms with Gasteiger partial charge in [0.2, 0.25) is 0 Å². The molecule has 1 atom stereocenters. The molecular weight excluding hydrogens is 280 g/mol. The molecule has 1 amide bonds. The highest BCUT2D eigenvalue weighted by Gasteiger charge is 2.21. The van der Waals surface area contributed by atoms with Crippen LogP contribution in [0.2, 0.25) is 0 Å². The van der Waals surface area contributed by atoms with Crippen LogP contribution in [0.5, 0.6) is 0 Å². The molecule has 0 aromatic carbocycles. The minimum absolute atomic E-state index is 0.362. The van der Waals surface area contributed by atoms with E-state index in [2.05, 4.69) is 20.3 Å². The van der Waals surface area contributed by atoms with Gasteiger partial charge >= 0.3 is 5.97 Å². The Morgan fingerprint density at radius 2 is 2.00 bits per heavy atom. The van der Waals surface area contributed by atoms with Gasteiger partial charge in [0.15, 0.2) is 10.8 Å². The molecule has 0 fully saturated rings. The van der Waals surface area contributed by atoms with E-state index in [1.54, 1.807) is 25.4 Å². The molecule has 0 aliphatic carbocycles. The Bertz CT molecular complexity index is 641. The van der Waals surface area contributed by atoms with Crippen molar-refractivity contribution < 1.29 is 14.7 Å². The van der Waals surface area contributed by atoms with E-state index < -0.39 is 17.9 Å². The fraction of sp³-hybridized carbons (Fsp3) is 0.250. The minimum atomic E-state index is -1.09. The summed E-state index contributed by atoms with van der Waals surface area (Å²) in [6.45, 7) is 3.08. The number of thiazole rings is 1. The molecule has 0 radical (unpaired) electrons. The van der Waals surface area contributed by atoms with Gasteiger partial charge in [0.1, 0.15) is 10.9 Å². The molecule has 2 rings (SSSR count). The lowest BCUT2D eigenvalue weighted by Crippen LogP contribution is -2.38. The summed E-state index contributed by atoms with van der Waals surface area (Å²) < 4.78 is 0. The first-order valence-electron chi connectivity index (χ1n) is 5.77. The van der Waals surface area contributed by atoms with Crippen molar-refractivity contribution in [3.05, 3.63) is 29.0 Å². The number of hydrogen-bond acceptors (Lipinski definition) is 6. The number of hydrogen-bond donors (Lipinski definition) is 2. The van der Waals surface area contributed by atoms with Gasteiger partial charge in [0.05, 0.1) is 5.69 Å². The normalized spacial score (nSPS) is 11.9. The highest BCUT2D eigenvalue weighted by atomic mass is 32.1. The number of carboxylic acid groups (broad SMARTS) is 1. The van der Waals surface area contributed by atoms with E-state index in [1.807, 2.05) is 0 Å². The van der Waals surface area contributed by atoms with Gasteiger partial charge in [0, 0.05) is 12.4 Å². The molecule has 2 aromatic heterocycles. The number of aliphatic carboxylic acids is 1. The molecule has 0 bridgehead atoms. The fourth-order valence-electron chi connectivity index (χ4n) is 1.44. The van der Waals surface area contributed by atoms with Crippen LogP contribution in [0.15, 0.2) is 18.5 Å². The summed E-state index contributed by atoms with van der Waals surface area (Å²) in [4.78, 5) is 35.4. The summed E-state index contributed by atoms with van der Waals surface area (Å²) in [6.07, 6.45) is 3.18. The Morgan fingerprint density at radius 1 is 1.35 bits per heavy atom. The zero-order valence-corrected chi connectivity index (χ0v) is 11.6. The van der Waals surface area contributed by atoms with Crippen LogP contribution >= 0.6 is 11.3 Å². The van der Waals surface area contributed by atoms with Crippen LogP contribution in [0.3, 0.4) is 0 Å². The number of aryl methyl sites for hydroxylation is 1. The van der Waals surface area contributed by atoms with Crippen molar-refractivity contribution in [3.8, 4) is 10.8 Å². The molecule has 2 N–H and O–H groups in total. The molecule has 7 nitrogen and oxygen atoms in total. The lowest BCUT2D eigenvalue weighted by molar-refractivity contribution is -0.138. The third-order valence-corrected chi connectivity index (χ3v) is 3.63. The zero-order chi connectivity index (χ0) is 14.7. The van der Waals surface area contributed by atoms with Crippen molar-refractivity contribution in [1.82, 2.24) is 20.3 Å². The van der Waals surface area contributed by atoms with E-state index in [9.17, 15) is 9.59 Å². The fourth-order valence-corrected chi connectivity index (χ4v) is 2.35. The average molecular weight is 292 g/mol. The van der Waals surface area contributed by atoms with E-state index in [4.69, 9.17) is 5.11 Å². The number of amides is 1. The number of rotatable bonds is 4. The van der Waals surface area contributed by atoms with Gasteiger partial charge in [-0.2, -0.15) is 0 Å². The molecule has 0 spiro atoms. The van der Waals surface area contributed by atoms with Crippen LogP contribution in [0.25, 0.3) is 10.8 Å². The third-order valence-electron chi connectivity index (χ3n) is 2.48. The average Bonchev–Trinajstić information content (AvgIpc) is 2.81. The molecular formula is C12H12N4O3S. The summed E-state index contributed by atoms with van der Waals surface area (Å²) in [6, 6.07) is 0.729. The monoisotopic (exact) mass is 292 g/mol. The zero-order valence-electron chi connectivity index (χ0n) is 10.8. The molecule has 2 aromatic rings. The third kappa shape index (κ3) is 2.97. The molecule has 0 saturated heterocycles. The second-order valence-electron chi connectivity index (χ2n) is 4.04. The molecule has 0 aliphatic heterocycles. The predicted molar refractivity (Wildman–Crippen MR) is 72.4 cm³/mol. The van der Waals surface area contributed by atoms with Crippen molar-refractivity contribution in [3.63, 3.8) is 0 Å². The van der Waals surface area contributed by atoms with Gasteiger partial charge in [-0.15, -0.1) is 11.3 Å². The van der Waals surface area contributed by atoms with Gasteiger partial charge in [-0.3, -0.25) is 9.59 Å². The Balaban J connectivity index is 2.24. The first-order chi connectivity index (χ1) is 9.49. The van der Waals surface area contributed by atoms with Gasteiger partial charge < -0.3 is 10.4 Å². The van der Waals surface area contributed by atoms with Crippen LogP contribution in [0.4, 0.5) is 0 Å².